The zero-order chi connectivity index (χ0) is 10.4. The molecule has 0 heterocycles. The molecule has 0 fully saturated rings. The first kappa shape index (κ1) is 10.5. The maximum Gasteiger partial charge on any atom is 0.165 e. The Morgan fingerprint density at radius 1 is 1.43 bits per heavy atom. The van der Waals surface area contributed by atoms with E-state index in [0.29, 0.717) is 0 Å². The Kier molecular flexibility index (Phi) is 3.94. The van der Waals surface area contributed by atoms with Crippen LogP contribution in [0.25, 0.3) is 0 Å². The van der Waals surface area contributed by atoms with Gasteiger partial charge in [-0.25, -0.2) is 0 Å². The van der Waals surface area contributed by atoms with E-state index >= 15 is 0 Å². The normalized spacial score (nSPS) is 9.57. The summed E-state index contributed by atoms with van der Waals surface area (Å²) in [5.74, 6) is 0.779. The van der Waals surface area contributed by atoms with Crippen molar-refractivity contribution in [3.8, 4) is 5.75 Å². The van der Waals surface area contributed by atoms with E-state index in [0.717, 1.165) is 11.4 Å². The number of rotatable bonds is 5. The summed E-state index contributed by atoms with van der Waals surface area (Å²) < 4.78 is 5.00. The summed E-state index contributed by atoms with van der Waals surface area (Å²) in [5.41, 5.74) is 6.05. The number of anilines is 1. The molecule has 1 aromatic carbocycles. The van der Waals surface area contributed by atoms with Gasteiger partial charge in [0.15, 0.2) is 5.78 Å². The third-order valence-corrected chi connectivity index (χ3v) is 1.81. The summed E-state index contributed by atoms with van der Waals surface area (Å²) >= 11 is 0. The van der Waals surface area contributed by atoms with Crippen LogP contribution in [0.5, 0.6) is 5.75 Å². The van der Waals surface area contributed by atoms with Gasteiger partial charge in [0.25, 0.3) is 0 Å². The minimum absolute atomic E-state index is 0.0131. The molecule has 0 amide bonds. The van der Waals surface area contributed by atoms with Gasteiger partial charge >= 0.3 is 0 Å². The van der Waals surface area contributed by atoms with Crippen LogP contribution in [0.4, 0.5) is 5.69 Å². The molecule has 0 aliphatic carbocycles. The Morgan fingerprint density at radius 2 is 2.07 bits per heavy atom. The first-order chi connectivity index (χ1) is 6.76. The summed E-state index contributed by atoms with van der Waals surface area (Å²) in [6, 6.07) is 7.36. The molecule has 0 aliphatic rings. The van der Waals surface area contributed by atoms with Gasteiger partial charge < -0.3 is 15.8 Å². The molecule has 76 valence electrons. The van der Waals surface area contributed by atoms with E-state index in [2.05, 4.69) is 5.32 Å². The first-order valence-corrected chi connectivity index (χ1v) is 4.36. The Morgan fingerprint density at radius 3 is 2.57 bits per heavy atom. The topological polar surface area (TPSA) is 64.3 Å². The lowest BCUT2D eigenvalue weighted by molar-refractivity contribution is -0.116. The Bertz CT molecular complexity index is 295. The molecule has 0 saturated heterocycles. The number of hydrogen-bond donors (Lipinski definition) is 2. The molecule has 4 heteroatoms. The fourth-order valence-electron chi connectivity index (χ4n) is 0.982. The second-order valence-electron chi connectivity index (χ2n) is 2.82. The lowest BCUT2D eigenvalue weighted by Crippen LogP contribution is -2.22. The van der Waals surface area contributed by atoms with E-state index in [9.17, 15) is 4.79 Å². The van der Waals surface area contributed by atoms with Gasteiger partial charge in [-0.05, 0) is 24.3 Å². The predicted molar refractivity (Wildman–Crippen MR) is 55.5 cm³/mol. The minimum Gasteiger partial charge on any atom is -0.497 e. The monoisotopic (exact) mass is 194 g/mol. The summed E-state index contributed by atoms with van der Waals surface area (Å²) in [6.45, 7) is 0.339. The van der Waals surface area contributed by atoms with Gasteiger partial charge in [0, 0.05) is 5.69 Å². The molecule has 14 heavy (non-hydrogen) atoms. The molecular weight excluding hydrogens is 180 g/mol. The highest BCUT2D eigenvalue weighted by atomic mass is 16.5. The molecule has 0 bridgehead atoms. The highest BCUT2D eigenvalue weighted by Crippen LogP contribution is 2.14. The molecule has 4 nitrogen and oxygen atoms in total. The van der Waals surface area contributed by atoms with E-state index in [-0.39, 0.29) is 18.9 Å². The van der Waals surface area contributed by atoms with Gasteiger partial charge in [0.05, 0.1) is 20.2 Å². The van der Waals surface area contributed by atoms with Crippen molar-refractivity contribution in [1.29, 1.82) is 0 Å². The zero-order valence-electron chi connectivity index (χ0n) is 8.12. The third kappa shape index (κ3) is 3.06. The van der Waals surface area contributed by atoms with Gasteiger partial charge in [0.1, 0.15) is 5.75 Å². The van der Waals surface area contributed by atoms with E-state index in [4.69, 9.17) is 10.5 Å². The van der Waals surface area contributed by atoms with Gasteiger partial charge in [-0.3, -0.25) is 4.79 Å². The van der Waals surface area contributed by atoms with E-state index < -0.39 is 0 Å². The van der Waals surface area contributed by atoms with Crippen molar-refractivity contribution in [3.05, 3.63) is 24.3 Å². The van der Waals surface area contributed by atoms with Crippen LogP contribution in [0, 0.1) is 0 Å². The average molecular weight is 194 g/mol. The fraction of sp³-hybridized carbons (Fsp3) is 0.300. The number of benzene rings is 1. The van der Waals surface area contributed by atoms with Crippen molar-refractivity contribution in [3.63, 3.8) is 0 Å². The lowest BCUT2D eigenvalue weighted by Gasteiger charge is -2.05. The van der Waals surface area contributed by atoms with E-state index in [1.807, 2.05) is 24.3 Å². The first-order valence-electron chi connectivity index (χ1n) is 4.36. The number of methoxy groups -OCH3 is 1. The summed E-state index contributed by atoms with van der Waals surface area (Å²) in [7, 11) is 1.61. The van der Waals surface area contributed by atoms with Gasteiger partial charge in [-0.1, -0.05) is 0 Å². The number of nitrogens with two attached hydrogens (primary N) is 1. The number of nitrogens with one attached hydrogen (secondary N) is 1. The average Bonchev–Trinajstić information content (AvgIpc) is 2.26. The van der Waals surface area contributed by atoms with E-state index in [1.54, 1.807) is 7.11 Å². The molecule has 1 aromatic rings. The predicted octanol–water partition coefficient (Wildman–Crippen LogP) is 0.635. The summed E-state index contributed by atoms with van der Waals surface area (Å²) in [6.07, 6.45) is 0. The number of hydrogen-bond acceptors (Lipinski definition) is 4. The fourth-order valence-corrected chi connectivity index (χ4v) is 0.982. The summed E-state index contributed by atoms with van der Waals surface area (Å²) in [4.78, 5) is 10.9. The molecular formula is C10H14N2O2. The van der Waals surface area contributed by atoms with Crippen molar-refractivity contribution >= 4 is 11.5 Å². The smallest absolute Gasteiger partial charge is 0.165 e. The van der Waals surface area contributed by atoms with Gasteiger partial charge in [-0.15, -0.1) is 0 Å². The number of carbonyl (C=O) groups excluding carboxylic acids is 1. The van der Waals surface area contributed by atoms with Crippen LogP contribution in [-0.2, 0) is 4.79 Å². The van der Waals surface area contributed by atoms with Crippen molar-refractivity contribution in [2.45, 2.75) is 0 Å². The Labute approximate surface area is 83.1 Å². The lowest BCUT2D eigenvalue weighted by atomic mass is 10.3. The maximum atomic E-state index is 10.9. The van der Waals surface area contributed by atoms with Gasteiger partial charge in [0.2, 0.25) is 0 Å². The molecule has 0 atom stereocenters. The molecule has 1 rings (SSSR count). The highest BCUT2D eigenvalue weighted by Gasteiger charge is 1.98. The highest BCUT2D eigenvalue weighted by molar-refractivity contribution is 5.84. The van der Waals surface area contributed by atoms with Crippen LogP contribution in [-0.4, -0.2) is 26.0 Å². The number of ketones is 1. The number of Topliss-reactive ketones (excluding diaryl/α,β-unsaturated/α-hetero) is 1. The second-order valence-corrected chi connectivity index (χ2v) is 2.82. The minimum atomic E-state index is -0.0131. The number of carbonyl (C=O) groups is 1. The molecule has 0 radical (unpaired) electrons. The Balaban J connectivity index is 2.47. The standard InChI is InChI=1S/C10H14N2O2/c1-14-10-4-2-8(3-5-10)12-7-9(13)6-11/h2-5,12H,6-7,11H2,1H3. The molecule has 3 N–H and O–H groups in total. The van der Waals surface area contributed by atoms with Crippen LogP contribution < -0.4 is 15.8 Å². The van der Waals surface area contributed by atoms with Crippen LogP contribution in [0.3, 0.4) is 0 Å². The van der Waals surface area contributed by atoms with Gasteiger partial charge in [-0.2, -0.15) is 0 Å². The molecule has 0 aromatic heterocycles. The summed E-state index contributed by atoms with van der Waals surface area (Å²) in [5, 5.41) is 2.96. The van der Waals surface area contributed by atoms with Crippen LogP contribution in [0.1, 0.15) is 0 Å². The van der Waals surface area contributed by atoms with Crippen molar-refractivity contribution in [2.75, 3.05) is 25.5 Å². The maximum absolute atomic E-state index is 10.9. The quantitative estimate of drug-likeness (QED) is 0.721. The third-order valence-electron chi connectivity index (χ3n) is 1.81. The molecule has 0 spiro atoms. The van der Waals surface area contributed by atoms with Crippen LogP contribution in [0.15, 0.2) is 24.3 Å². The van der Waals surface area contributed by atoms with Crippen LogP contribution >= 0.6 is 0 Å². The second kappa shape index (κ2) is 5.24. The largest absolute Gasteiger partial charge is 0.497 e. The van der Waals surface area contributed by atoms with Crippen molar-refractivity contribution in [1.82, 2.24) is 0 Å². The Hall–Kier alpha value is -1.55. The van der Waals surface area contributed by atoms with Crippen LogP contribution in [0.2, 0.25) is 0 Å². The number of ether oxygens (including phenoxy) is 1. The zero-order valence-corrected chi connectivity index (χ0v) is 8.12. The SMILES string of the molecule is COc1ccc(NCC(=O)CN)cc1. The van der Waals surface area contributed by atoms with E-state index in [1.165, 1.54) is 0 Å². The molecule has 0 saturated carbocycles. The molecule has 0 aliphatic heterocycles. The molecule has 0 unspecified atom stereocenters. The van der Waals surface area contributed by atoms with Crippen molar-refractivity contribution < 1.29 is 9.53 Å². The van der Waals surface area contributed by atoms with Crippen molar-refractivity contribution in [2.24, 2.45) is 5.73 Å².